The fourth-order valence-corrected chi connectivity index (χ4v) is 4.51. The molecule has 1 amide bonds. The summed E-state index contributed by atoms with van der Waals surface area (Å²) >= 11 is 0. The first-order valence-electron chi connectivity index (χ1n) is 11.7. The van der Waals surface area contributed by atoms with E-state index in [0.29, 0.717) is 19.0 Å². The lowest BCUT2D eigenvalue weighted by molar-refractivity contribution is -0.120. The Labute approximate surface area is 214 Å². The first kappa shape index (κ1) is 25.5. The monoisotopic (exact) mass is 565 g/mol. The Balaban J connectivity index is 0.00000306. The second kappa shape index (κ2) is 12.4. The molecule has 0 spiro atoms. The van der Waals surface area contributed by atoms with Crippen LogP contribution in [0.25, 0.3) is 0 Å². The van der Waals surface area contributed by atoms with E-state index in [2.05, 4.69) is 57.5 Å². The van der Waals surface area contributed by atoms with Crippen molar-refractivity contribution in [2.45, 2.75) is 19.8 Å². The van der Waals surface area contributed by atoms with Crippen LogP contribution in [0.5, 0.6) is 0 Å². The zero-order valence-electron chi connectivity index (χ0n) is 19.7. The molecular weight excluding hydrogens is 529 g/mol. The van der Waals surface area contributed by atoms with Crippen molar-refractivity contribution < 1.29 is 4.79 Å². The molecule has 4 rings (SSSR count). The van der Waals surface area contributed by atoms with Gasteiger partial charge in [0.1, 0.15) is 6.54 Å². The number of nitrogens with zero attached hydrogens (tertiary/aromatic N) is 6. The topological polar surface area (TPSA) is 69.0 Å². The van der Waals surface area contributed by atoms with Crippen molar-refractivity contribution >= 4 is 41.5 Å². The predicted octanol–water partition coefficient (Wildman–Crippen LogP) is 2.22. The van der Waals surface area contributed by atoms with Crippen LogP contribution < -0.4 is 10.2 Å². The van der Waals surface area contributed by atoms with Gasteiger partial charge in [0.05, 0.1) is 11.9 Å². The summed E-state index contributed by atoms with van der Waals surface area (Å²) in [5.74, 6) is 1.52. The number of aromatic nitrogens is 2. The first-order chi connectivity index (χ1) is 15.6. The van der Waals surface area contributed by atoms with E-state index in [9.17, 15) is 4.79 Å². The minimum absolute atomic E-state index is 0. The first-order valence-corrected chi connectivity index (χ1v) is 11.7. The molecule has 2 aliphatic rings. The quantitative estimate of drug-likeness (QED) is 0.317. The zero-order valence-corrected chi connectivity index (χ0v) is 22.0. The third kappa shape index (κ3) is 6.92. The lowest BCUT2D eigenvalue weighted by atomic mass is 10.1. The van der Waals surface area contributed by atoms with Gasteiger partial charge in [0.25, 0.3) is 0 Å². The van der Waals surface area contributed by atoms with E-state index in [-0.39, 0.29) is 29.9 Å². The van der Waals surface area contributed by atoms with Crippen LogP contribution in [0.3, 0.4) is 0 Å². The van der Waals surface area contributed by atoms with E-state index in [1.807, 2.05) is 18.1 Å². The SMILES string of the molecule is CCNC(=NCC1CCN(CCc2ccccc2)C1)N1CCN(c2cnn(C)c2)C(=O)C1.I. The number of likely N-dealkylation sites (tertiary alicyclic amines) is 1. The Morgan fingerprint density at radius 1 is 1.21 bits per heavy atom. The van der Waals surface area contributed by atoms with Crippen LogP contribution in [-0.4, -0.2) is 83.8 Å². The number of halogens is 1. The standard InChI is InChI=1S/C24H35N7O.HI/c1-3-25-24(30-13-14-31(23(32)19-30)22-16-27-28(2)18-22)26-15-21-10-12-29(17-21)11-9-20-7-5-4-6-8-20;/h4-8,16,18,21H,3,9-15,17,19H2,1-2H3,(H,25,26);1H. The number of hydrogen-bond acceptors (Lipinski definition) is 4. The molecule has 3 heterocycles. The lowest BCUT2D eigenvalue weighted by Gasteiger charge is -2.35. The zero-order chi connectivity index (χ0) is 22.3. The molecule has 1 atom stereocenters. The molecule has 1 unspecified atom stereocenters. The van der Waals surface area contributed by atoms with E-state index in [0.717, 1.165) is 57.3 Å². The van der Waals surface area contributed by atoms with Crippen LogP contribution in [0.4, 0.5) is 5.69 Å². The van der Waals surface area contributed by atoms with E-state index in [1.165, 1.54) is 12.0 Å². The largest absolute Gasteiger partial charge is 0.357 e. The van der Waals surface area contributed by atoms with Crippen LogP contribution in [0, 0.1) is 5.92 Å². The van der Waals surface area contributed by atoms with Gasteiger partial charge in [-0.15, -0.1) is 24.0 Å². The summed E-state index contributed by atoms with van der Waals surface area (Å²) in [6.45, 7) is 8.78. The maximum Gasteiger partial charge on any atom is 0.246 e. The van der Waals surface area contributed by atoms with E-state index >= 15 is 0 Å². The molecule has 180 valence electrons. The van der Waals surface area contributed by atoms with E-state index < -0.39 is 0 Å². The summed E-state index contributed by atoms with van der Waals surface area (Å²) in [5, 5.41) is 7.58. The molecule has 0 saturated carbocycles. The van der Waals surface area contributed by atoms with Crippen molar-refractivity contribution in [3.05, 3.63) is 48.3 Å². The molecule has 0 aliphatic carbocycles. The number of carbonyl (C=O) groups excluding carboxylic acids is 1. The average Bonchev–Trinajstić information content (AvgIpc) is 3.44. The highest BCUT2D eigenvalue weighted by atomic mass is 127. The predicted molar refractivity (Wildman–Crippen MR) is 143 cm³/mol. The number of nitrogens with one attached hydrogen (secondary N) is 1. The Hall–Kier alpha value is -2.14. The summed E-state index contributed by atoms with van der Waals surface area (Å²) in [5.41, 5.74) is 2.26. The van der Waals surface area contributed by atoms with Gasteiger partial charge in [0.15, 0.2) is 5.96 Å². The van der Waals surface area contributed by atoms with Gasteiger partial charge in [0, 0.05) is 52.5 Å². The Morgan fingerprint density at radius 2 is 2.03 bits per heavy atom. The number of hydrogen-bond donors (Lipinski definition) is 1. The maximum atomic E-state index is 12.8. The number of anilines is 1. The number of carbonyl (C=O) groups is 1. The lowest BCUT2D eigenvalue weighted by Crippen LogP contribution is -2.55. The highest BCUT2D eigenvalue weighted by molar-refractivity contribution is 14.0. The van der Waals surface area contributed by atoms with Gasteiger partial charge in [-0.1, -0.05) is 30.3 Å². The van der Waals surface area contributed by atoms with Crippen LogP contribution in [0.2, 0.25) is 0 Å². The van der Waals surface area contributed by atoms with Gasteiger partial charge in [-0.25, -0.2) is 0 Å². The molecule has 8 nitrogen and oxygen atoms in total. The normalized spacial score (nSPS) is 19.6. The fraction of sp³-hybridized carbons (Fsp3) is 0.542. The van der Waals surface area contributed by atoms with Crippen molar-refractivity contribution in [3.63, 3.8) is 0 Å². The van der Waals surface area contributed by atoms with Gasteiger partial charge in [-0.3, -0.25) is 14.5 Å². The Bertz CT molecular complexity index is 917. The minimum atomic E-state index is 0. The van der Waals surface area contributed by atoms with Crippen LogP contribution in [-0.2, 0) is 18.3 Å². The third-order valence-electron chi connectivity index (χ3n) is 6.29. The second-order valence-corrected chi connectivity index (χ2v) is 8.72. The van der Waals surface area contributed by atoms with Crippen molar-refractivity contribution in [1.82, 2.24) is 24.9 Å². The highest BCUT2D eigenvalue weighted by Gasteiger charge is 2.28. The average molecular weight is 566 g/mol. The molecule has 0 radical (unpaired) electrons. The van der Waals surface area contributed by atoms with Gasteiger partial charge < -0.3 is 20.0 Å². The van der Waals surface area contributed by atoms with E-state index in [4.69, 9.17) is 4.99 Å². The number of rotatable bonds is 7. The summed E-state index contributed by atoms with van der Waals surface area (Å²) in [7, 11) is 1.87. The van der Waals surface area contributed by atoms with Gasteiger partial charge >= 0.3 is 0 Å². The smallest absolute Gasteiger partial charge is 0.246 e. The fourth-order valence-electron chi connectivity index (χ4n) is 4.51. The third-order valence-corrected chi connectivity index (χ3v) is 6.29. The summed E-state index contributed by atoms with van der Waals surface area (Å²) in [6, 6.07) is 10.7. The molecule has 2 saturated heterocycles. The molecule has 1 aromatic heterocycles. The van der Waals surface area contributed by atoms with Gasteiger partial charge in [-0.2, -0.15) is 5.10 Å². The van der Waals surface area contributed by atoms with Crippen LogP contribution >= 0.6 is 24.0 Å². The van der Waals surface area contributed by atoms with Gasteiger partial charge in [-0.05, 0) is 37.8 Å². The second-order valence-electron chi connectivity index (χ2n) is 8.72. The molecule has 2 aromatic rings. The maximum absolute atomic E-state index is 12.8. The Morgan fingerprint density at radius 3 is 2.73 bits per heavy atom. The molecule has 1 aromatic carbocycles. The molecule has 9 heteroatoms. The molecule has 2 aliphatic heterocycles. The molecule has 1 N–H and O–H groups in total. The van der Waals surface area contributed by atoms with Crippen molar-refractivity contribution in [3.8, 4) is 0 Å². The van der Waals surface area contributed by atoms with Gasteiger partial charge in [0.2, 0.25) is 5.91 Å². The number of guanidine groups is 1. The molecule has 0 bridgehead atoms. The number of aryl methyl sites for hydroxylation is 1. The number of aliphatic imine (C=N–C) groups is 1. The number of benzene rings is 1. The summed E-state index contributed by atoms with van der Waals surface area (Å²) < 4.78 is 1.73. The number of amides is 1. The van der Waals surface area contributed by atoms with Crippen molar-refractivity contribution in [2.24, 2.45) is 18.0 Å². The van der Waals surface area contributed by atoms with Crippen LogP contribution in [0.15, 0.2) is 47.7 Å². The van der Waals surface area contributed by atoms with Crippen molar-refractivity contribution in [2.75, 3.05) is 57.3 Å². The van der Waals surface area contributed by atoms with E-state index in [1.54, 1.807) is 10.9 Å². The minimum Gasteiger partial charge on any atom is -0.357 e. The Kier molecular flexibility index (Phi) is 9.54. The summed E-state index contributed by atoms with van der Waals surface area (Å²) in [4.78, 5) is 24.1. The molecule has 33 heavy (non-hydrogen) atoms. The highest BCUT2D eigenvalue weighted by Crippen LogP contribution is 2.18. The van der Waals surface area contributed by atoms with Crippen molar-refractivity contribution in [1.29, 1.82) is 0 Å². The molecular formula is C24H36IN7O. The van der Waals surface area contributed by atoms with Crippen LogP contribution in [0.1, 0.15) is 18.9 Å². The molecule has 2 fully saturated rings. The summed E-state index contributed by atoms with van der Waals surface area (Å²) in [6.07, 6.45) is 5.92. The number of piperazine rings is 1.